The van der Waals surface area contributed by atoms with Crippen molar-refractivity contribution in [2.45, 2.75) is 50.4 Å². The molecule has 1 saturated carbocycles. The molecule has 0 aromatic heterocycles. The number of hydrogen-bond donors (Lipinski definition) is 1. The second kappa shape index (κ2) is 7.36. The predicted molar refractivity (Wildman–Crippen MR) is 64.4 cm³/mol. The van der Waals surface area contributed by atoms with Gasteiger partial charge in [-0.25, -0.2) is 0 Å². The quantitative estimate of drug-likeness (QED) is 0.755. The Morgan fingerprint density at radius 1 is 1.40 bits per heavy atom. The zero-order chi connectivity index (χ0) is 11.1. The van der Waals surface area contributed by atoms with E-state index in [1.54, 1.807) is 0 Å². The molecule has 1 aliphatic rings. The molecule has 0 bridgehead atoms. The summed E-state index contributed by atoms with van der Waals surface area (Å²) in [6.45, 7) is 3.09. The van der Waals surface area contributed by atoms with Crippen molar-refractivity contribution in [1.82, 2.24) is 0 Å². The highest BCUT2D eigenvalue weighted by molar-refractivity contribution is 7.85. The lowest BCUT2D eigenvalue weighted by Gasteiger charge is -2.23. The lowest BCUT2D eigenvalue weighted by molar-refractivity contribution is 0.0851. The van der Waals surface area contributed by atoms with Crippen molar-refractivity contribution < 1.29 is 8.95 Å². The first-order chi connectivity index (χ1) is 7.27. The van der Waals surface area contributed by atoms with Gasteiger partial charge < -0.3 is 10.5 Å². The highest BCUT2D eigenvalue weighted by Crippen LogP contribution is 2.22. The van der Waals surface area contributed by atoms with E-state index < -0.39 is 10.8 Å². The summed E-state index contributed by atoms with van der Waals surface area (Å²) < 4.78 is 17.5. The number of hydrogen-bond acceptors (Lipinski definition) is 3. The van der Waals surface area contributed by atoms with E-state index in [4.69, 9.17) is 10.5 Å². The second-order valence-electron chi connectivity index (χ2n) is 4.12. The van der Waals surface area contributed by atoms with Gasteiger partial charge in [-0.2, -0.15) is 0 Å². The van der Waals surface area contributed by atoms with Gasteiger partial charge in [-0.05, 0) is 19.8 Å². The molecule has 2 atom stereocenters. The molecule has 0 heterocycles. The Hall–Kier alpha value is 0.0700. The molecule has 1 fully saturated rings. The number of ether oxygens (including phenoxy) is 1. The summed E-state index contributed by atoms with van der Waals surface area (Å²) in [5, 5.41) is 0.397. The minimum Gasteiger partial charge on any atom is -0.376 e. The van der Waals surface area contributed by atoms with Gasteiger partial charge in [-0.3, -0.25) is 4.21 Å². The van der Waals surface area contributed by atoms with Crippen molar-refractivity contribution >= 4 is 10.8 Å². The molecule has 4 heteroatoms. The SMILES string of the molecule is CCOC(CN)CS(=O)C1CCCCC1. The summed E-state index contributed by atoms with van der Waals surface area (Å²) in [5.74, 6) is 0.620. The highest BCUT2D eigenvalue weighted by Gasteiger charge is 2.22. The van der Waals surface area contributed by atoms with Crippen LogP contribution in [0.15, 0.2) is 0 Å². The van der Waals surface area contributed by atoms with Gasteiger partial charge in [0.05, 0.1) is 11.9 Å². The van der Waals surface area contributed by atoms with Crippen LogP contribution in [0.2, 0.25) is 0 Å². The Morgan fingerprint density at radius 2 is 2.07 bits per heavy atom. The fourth-order valence-corrected chi connectivity index (χ4v) is 3.80. The average molecular weight is 233 g/mol. The molecule has 2 unspecified atom stereocenters. The van der Waals surface area contributed by atoms with E-state index in [1.165, 1.54) is 19.3 Å². The van der Waals surface area contributed by atoms with Crippen LogP contribution < -0.4 is 5.73 Å². The van der Waals surface area contributed by atoms with Gasteiger partial charge in [0, 0.05) is 29.2 Å². The van der Waals surface area contributed by atoms with Crippen LogP contribution >= 0.6 is 0 Å². The van der Waals surface area contributed by atoms with E-state index in [1.807, 2.05) is 6.92 Å². The molecule has 0 aliphatic heterocycles. The van der Waals surface area contributed by atoms with E-state index in [2.05, 4.69) is 0 Å². The fourth-order valence-electron chi connectivity index (χ4n) is 2.07. The van der Waals surface area contributed by atoms with Crippen LogP contribution in [0, 0.1) is 0 Å². The van der Waals surface area contributed by atoms with Crippen molar-refractivity contribution in [1.29, 1.82) is 0 Å². The van der Waals surface area contributed by atoms with E-state index in [0.29, 0.717) is 24.2 Å². The Kier molecular flexibility index (Phi) is 6.45. The average Bonchev–Trinajstić information content (AvgIpc) is 2.29. The van der Waals surface area contributed by atoms with Crippen LogP contribution in [0.25, 0.3) is 0 Å². The molecule has 0 saturated heterocycles. The minimum absolute atomic E-state index is 0.0160. The summed E-state index contributed by atoms with van der Waals surface area (Å²) in [4.78, 5) is 0. The van der Waals surface area contributed by atoms with Crippen molar-refractivity contribution in [3.05, 3.63) is 0 Å². The Balaban J connectivity index is 2.31. The molecule has 1 aliphatic carbocycles. The fraction of sp³-hybridized carbons (Fsp3) is 1.00. The normalized spacial score (nSPS) is 22.5. The zero-order valence-corrected chi connectivity index (χ0v) is 10.4. The third-order valence-electron chi connectivity index (χ3n) is 2.94. The first kappa shape index (κ1) is 13.1. The summed E-state index contributed by atoms with van der Waals surface area (Å²) in [7, 11) is -0.743. The maximum Gasteiger partial charge on any atom is 0.0812 e. The Morgan fingerprint density at radius 3 is 2.60 bits per heavy atom. The largest absolute Gasteiger partial charge is 0.376 e. The third-order valence-corrected chi connectivity index (χ3v) is 4.85. The Bertz CT molecular complexity index is 193. The van der Waals surface area contributed by atoms with Gasteiger partial charge in [0.1, 0.15) is 0 Å². The van der Waals surface area contributed by atoms with Gasteiger partial charge in [0.25, 0.3) is 0 Å². The minimum atomic E-state index is -0.743. The molecule has 0 radical (unpaired) electrons. The molecule has 3 nitrogen and oxygen atoms in total. The Labute approximate surface area is 95.2 Å². The monoisotopic (exact) mass is 233 g/mol. The molecule has 0 aromatic rings. The standard InChI is InChI=1S/C11H23NO2S/c1-2-14-10(8-12)9-15(13)11-6-4-3-5-7-11/h10-11H,2-9,12H2,1H3. The second-order valence-corrected chi connectivity index (χ2v) is 5.88. The van der Waals surface area contributed by atoms with E-state index in [-0.39, 0.29) is 6.10 Å². The van der Waals surface area contributed by atoms with Crippen LogP contribution in [-0.2, 0) is 15.5 Å². The molecule has 0 spiro atoms. The third kappa shape index (κ3) is 4.62. The lowest BCUT2D eigenvalue weighted by Crippen LogP contribution is -2.33. The zero-order valence-electron chi connectivity index (χ0n) is 9.61. The van der Waals surface area contributed by atoms with Crippen molar-refractivity contribution in [3.63, 3.8) is 0 Å². The molecular formula is C11H23NO2S. The van der Waals surface area contributed by atoms with Gasteiger partial charge in [0.2, 0.25) is 0 Å². The summed E-state index contributed by atoms with van der Waals surface area (Å²) in [6.07, 6.45) is 6.00. The molecule has 15 heavy (non-hydrogen) atoms. The van der Waals surface area contributed by atoms with Crippen LogP contribution in [0.5, 0.6) is 0 Å². The van der Waals surface area contributed by atoms with Crippen molar-refractivity contribution in [3.8, 4) is 0 Å². The number of nitrogens with two attached hydrogens (primary N) is 1. The summed E-state index contributed by atoms with van der Waals surface area (Å²) in [5.41, 5.74) is 5.58. The summed E-state index contributed by atoms with van der Waals surface area (Å²) >= 11 is 0. The van der Waals surface area contributed by atoms with E-state index >= 15 is 0 Å². The summed E-state index contributed by atoms with van der Waals surface area (Å²) in [6, 6.07) is 0. The molecular weight excluding hydrogens is 210 g/mol. The van der Waals surface area contributed by atoms with Gasteiger partial charge in [-0.1, -0.05) is 19.3 Å². The first-order valence-electron chi connectivity index (χ1n) is 5.96. The molecule has 2 N–H and O–H groups in total. The molecule has 0 amide bonds. The number of rotatable bonds is 6. The van der Waals surface area contributed by atoms with Crippen LogP contribution in [0.1, 0.15) is 39.0 Å². The van der Waals surface area contributed by atoms with Crippen LogP contribution in [0.3, 0.4) is 0 Å². The van der Waals surface area contributed by atoms with Gasteiger partial charge in [-0.15, -0.1) is 0 Å². The molecule has 90 valence electrons. The molecule has 0 aromatic carbocycles. The lowest BCUT2D eigenvalue weighted by atomic mass is 10.0. The smallest absolute Gasteiger partial charge is 0.0812 e. The van der Waals surface area contributed by atoms with E-state index in [9.17, 15) is 4.21 Å². The van der Waals surface area contributed by atoms with Crippen molar-refractivity contribution in [2.75, 3.05) is 18.9 Å². The van der Waals surface area contributed by atoms with Crippen LogP contribution in [-0.4, -0.2) is 34.5 Å². The van der Waals surface area contributed by atoms with Gasteiger partial charge >= 0.3 is 0 Å². The van der Waals surface area contributed by atoms with Crippen LogP contribution in [0.4, 0.5) is 0 Å². The highest BCUT2D eigenvalue weighted by atomic mass is 32.2. The van der Waals surface area contributed by atoms with Crippen molar-refractivity contribution in [2.24, 2.45) is 5.73 Å². The predicted octanol–water partition coefficient (Wildman–Crippen LogP) is 1.43. The van der Waals surface area contributed by atoms with Gasteiger partial charge in [0.15, 0.2) is 0 Å². The topological polar surface area (TPSA) is 52.3 Å². The maximum absolute atomic E-state index is 12.0. The van der Waals surface area contributed by atoms with E-state index in [0.717, 1.165) is 12.8 Å². The first-order valence-corrected chi connectivity index (χ1v) is 7.35. The molecule has 1 rings (SSSR count). The maximum atomic E-state index is 12.0.